The summed E-state index contributed by atoms with van der Waals surface area (Å²) in [7, 11) is 0. The molecule has 1 unspecified atom stereocenters. The highest BCUT2D eigenvalue weighted by Gasteiger charge is 2.14. The van der Waals surface area contributed by atoms with Crippen LogP contribution in [0.25, 0.3) is 0 Å². The molecule has 90 valence electrons. The molecule has 17 heavy (non-hydrogen) atoms. The molecule has 1 aliphatic rings. The fourth-order valence-electron chi connectivity index (χ4n) is 1.89. The first-order valence-corrected chi connectivity index (χ1v) is 5.93. The van der Waals surface area contributed by atoms with Gasteiger partial charge in [-0.3, -0.25) is 0 Å². The van der Waals surface area contributed by atoms with E-state index in [0.29, 0.717) is 18.9 Å². The van der Waals surface area contributed by atoms with Gasteiger partial charge in [-0.1, -0.05) is 6.07 Å². The molecule has 4 heteroatoms. The zero-order valence-electron chi connectivity index (χ0n) is 9.76. The van der Waals surface area contributed by atoms with Gasteiger partial charge in [0, 0.05) is 18.4 Å². The molecule has 2 rings (SSSR count). The van der Waals surface area contributed by atoms with Crippen LogP contribution in [0.2, 0.25) is 0 Å². The second kappa shape index (κ2) is 6.33. The number of nitriles is 1. The van der Waals surface area contributed by atoms with E-state index in [1.54, 1.807) is 6.20 Å². The summed E-state index contributed by atoms with van der Waals surface area (Å²) in [6.07, 6.45) is 5.26. The number of nitrogens with zero attached hydrogens (tertiary/aromatic N) is 2. The van der Waals surface area contributed by atoms with E-state index in [9.17, 15) is 0 Å². The quantitative estimate of drug-likeness (QED) is 0.797. The maximum Gasteiger partial charge on any atom is 0.145 e. The normalized spacial score (nSPS) is 19.8. The Labute approximate surface area is 101 Å². The van der Waals surface area contributed by atoms with Crippen molar-refractivity contribution in [3.05, 3.63) is 29.6 Å². The molecule has 0 N–H and O–H groups in total. The molecule has 0 spiro atoms. The summed E-state index contributed by atoms with van der Waals surface area (Å²) in [6.45, 7) is 1.86. The van der Waals surface area contributed by atoms with Crippen molar-refractivity contribution >= 4 is 0 Å². The number of hydrogen-bond donors (Lipinski definition) is 0. The van der Waals surface area contributed by atoms with Gasteiger partial charge in [-0.25, -0.2) is 4.98 Å². The van der Waals surface area contributed by atoms with E-state index in [-0.39, 0.29) is 6.10 Å². The zero-order valence-corrected chi connectivity index (χ0v) is 9.76. The molecule has 1 aromatic rings. The molecule has 4 nitrogen and oxygen atoms in total. The van der Waals surface area contributed by atoms with Crippen LogP contribution >= 0.6 is 0 Å². The molecule has 1 saturated heterocycles. The van der Waals surface area contributed by atoms with E-state index < -0.39 is 0 Å². The number of hydrogen-bond acceptors (Lipinski definition) is 4. The van der Waals surface area contributed by atoms with E-state index in [1.165, 1.54) is 6.42 Å². The number of aromatic nitrogens is 1. The van der Waals surface area contributed by atoms with Crippen LogP contribution in [0.3, 0.4) is 0 Å². The molecular weight excluding hydrogens is 216 g/mol. The largest absolute Gasteiger partial charge is 0.376 e. The van der Waals surface area contributed by atoms with Crippen LogP contribution in [0.1, 0.15) is 30.5 Å². The molecule has 0 bridgehead atoms. The maximum absolute atomic E-state index is 8.87. The first-order chi connectivity index (χ1) is 8.40. The SMILES string of the molecule is N#Cc1ncccc1COCC1CCCCO1. The Bertz CT molecular complexity index is 395. The molecule has 1 aliphatic heterocycles. The Hall–Kier alpha value is -1.44. The average Bonchev–Trinajstić information content (AvgIpc) is 2.40. The lowest BCUT2D eigenvalue weighted by molar-refractivity contribution is -0.0448. The summed E-state index contributed by atoms with van der Waals surface area (Å²) in [5.74, 6) is 0. The predicted molar refractivity (Wildman–Crippen MR) is 62.2 cm³/mol. The van der Waals surface area contributed by atoms with Gasteiger partial charge in [0.25, 0.3) is 0 Å². The van der Waals surface area contributed by atoms with Gasteiger partial charge in [-0.2, -0.15) is 5.26 Å². The fraction of sp³-hybridized carbons (Fsp3) is 0.538. The highest BCUT2D eigenvalue weighted by Crippen LogP contribution is 2.14. The Morgan fingerprint density at radius 3 is 3.24 bits per heavy atom. The maximum atomic E-state index is 8.87. The molecule has 2 heterocycles. The van der Waals surface area contributed by atoms with Gasteiger partial charge in [0.2, 0.25) is 0 Å². The second-order valence-corrected chi connectivity index (χ2v) is 4.13. The molecule has 1 aromatic heterocycles. The molecule has 1 fully saturated rings. The van der Waals surface area contributed by atoms with Crippen molar-refractivity contribution in [2.24, 2.45) is 0 Å². The molecule has 0 radical (unpaired) electrons. The molecular formula is C13H16N2O2. The lowest BCUT2D eigenvalue weighted by Gasteiger charge is -2.22. The molecule has 0 aromatic carbocycles. The van der Waals surface area contributed by atoms with Crippen LogP contribution in [0.5, 0.6) is 0 Å². The summed E-state index contributed by atoms with van der Waals surface area (Å²) in [5.41, 5.74) is 1.28. The van der Waals surface area contributed by atoms with Crippen molar-refractivity contribution in [2.45, 2.75) is 32.0 Å². The highest BCUT2D eigenvalue weighted by molar-refractivity contribution is 5.29. The van der Waals surface area contributed by atoms with Gasteiger partial charge in [-0.15, -0.1) is 0 Å². The van der Waals surface area contributed by atoms with E-state index in [4.69, 9.17) is 14.7 Å². The lowest BCUT2D eigenvalue weighted by Crippen LogP contribution is -2.24. The molecule has 0 saturated carbocycles. The summed E-state index contributed by atoms with van der Waals surface area (Å²) in [5, 5.41) is 8.87. The average molecular weight is 232 g/mol. The Kier molecular flexibility index (Phi) is 4.48. The van der Waals surface area contributed by atoms with Gasteiger partial charge in [0.15, 0.2) is 0 Å². The van der Waals surface area contributed by atoms with Crippen LogP contribution in [-0.4, -0.2) is 24.3 Å². The third-order valence-electron chi connectivity index (χ3n) is 2.83. The number of rotatable bonds is 4. The Morgan fingerprint density at radius 2 is 2.47 bits per heavy atom. The predicted octanol–water partition coefficient (Wildman–Crippen LogP) is 2.04. The first-order valence-electron chi connectivity index (χ1n) is 5.93. The van der Waals surface area contributed by atoms with Gasteiger partial charge in [0.1, 0.15) is 11.8 Å². The topological polar surface area (TPSA) is 55.1 Å². The van der Waals surface area contributed by atoms with E-state index in [0.717, 1.165) is 25.0 Å². The van der Waals surface area contributed by atoms with Crippen LogP contribution in [-0.2, 0) is 16.1 Å². The minimum absolute atomic E-state index is 0.214. The highest BCUT2D eigenvalue weighted by atomic mass is 16.5. The summed E-state index contributed by atoms with van der Waals surface area (Å²) >= 11 is 0. The lowest BCUT2D eigenvalue weighted by atomic mass is 10.1. The third-order valence-corrected chi connectivity index (χ3v) is 2.83. The second-order valence-electron chi connectivity index (χ2n) is 4.13. The van der Waals surface area contributed by atoms with Gasteiger partial charge < -0.3 is 9.47 Å². The van der Waals surface area contributed by atoms with Gasteiger partial charge >= 0.3 is 0 Å². The summed E-state index contributed by atoms with van der Waals surface area (Å²) in [4.78, 5) is 3.99. The monoisotopic (exact) mass is 232 g/mol. The van der Waals surface area contributed by atoms with Gasteiger partial charge in [-0.05, 0) is 25.3 Å². The Morgan fingerprint density at radius 1 is 1.53 bits per heavy atom. The number of ether oxygens (including phenoxy) is 2. The van der Waals surface area contributed by atoms with Crippen molar-refractivity contribution in [3.63, 3.8) is 0 Å². The van der Waals surface area contributed by atoms with Crippen LogP contribution in [0.15, 0.2) is 18.3 Å². The van der Waals surface area contributed by atoms with Crippen molar-refractivity contribution in [1.82, 2.24) is 4.98 Å². The van der Waals surface area contributed by atoms with Crippen molar-refractivity contribution in [2.75, 3.05) is 13.2 Å². The van der Waals surface area contributed by atoms with Crippen LogP contribution in [0, 0.1) is 11.3 Å². The smallest absolute Gasteiger partial charge is 0.145 e. The molecule has 0 aliphatic carbocycles. The zero-order chi connectivity index (χ0) is 11.9. The minimum atomic E-state index is 0.214. The number of pyridine rings is 1. The Balaban J connectivity index is 1.79. The van der Waals surface area contributed by atoms with Crippen molar-refractivity contribution < 1.29 is 9.47 Å². The fourth-order valence-corrected chi connectivity index (χ4v) is 1.89. The van der Waals surface area contributed by atoms with E-state index in [2.05, 4.69) is 11.1 Å². The third kappa shape index (κ3) is 3.52. The van der Waals surface area contributed by atoms with Crippen molar-refractivity contribution in [3.8, 4) is 6.07 Å². The van der Waals surface area contributed by atoms with Crippen LogP contribution in [0.4, 0.5) is 0 Å². The molecule has 1 atom stereocenters. The van der Waals surface area contributed by atoms with E-state index in [1.807, 2.05) is 12.1 Å². The summed E-state index contributed by atoms with van der Waals surface area (Å²) < 4.78 is 11.2. The van der Waals surface area contributed by atoms with Gasteiger partial charge in [0.05, 0.1) is 19.3 Å². The molecule has 0 amide bonds. The standard InChI is InChI=1S/C13H16N2O2/c14-8-13-11(4-3-6-15-13)9-16-10-12-5-1-2-7-17-12/h3-4,6,12H,1-2,5,7,9-10H2. The summed E-state index contributed by atoms with van der Waals surface area (Å²) in [6, 6.07) is 5.75. The van der Waals surface area contributed by atoms with Crippen LogP contribution < -0.4 is 0 Å². The van der Waals surface area contributed by atoms with E-state index >= 15 is 0 Å². The van der Waals surface area contributed by atoms with Crippen molar-refractivity contribution in [1.29, 1.82) is 5.26 Å². The first kappa shape index (κ1) is 12.0. The minimum Gasteiger partial charge on any atom is -0.376 e.